The number of amides is 9. The summed E-state index contributed by atoms with van der Waals surface area (Å²) in [6, 6.07) is 0.697. The molecule has 0 unspecified atom stereocenters. The van der Waals surface area contributed by atoms with Gasteiger partial charge in [0.25, 0.3) is 0 Å². The third-order valence-electron chi connectivity index (χ3n) is 9.16. The average molecular weight is 817 g/mol. The van der Waals surface area contributed by atoms with E-state index in [9.17, 15) is 53.1 Å². The van der Waals surface area contributed by atoms with Crippen molar-refractivity contribution in [2.75, 3.05) is 13.1 Å². The maximum atomic E-state index is 14.0. The first kappa shape index (κ1) is 48.0. The summed E-state index contributed by atoms with van der Waals surface area (Å²) in [7, 11) is 0. The molecule has 0 bridgehead atoms. The number of aliphatic carboxylic acids is 1. The van der Waals surface area contributed by atoms with Gasteiger partial charge in [-0.2, -0.15) is 0 Å². The Bertz CT molecular complexity index is 1660. The van der Waals surface area contributed by atoms with Crippen LogP contribution in [0, 0.1) is 5.92 Å². The minimum Gasteiger partial charge on any atom is -0.480 e. The van der Waals surface area contributed by atoms with Crippen molar-refractivity contribution in [3.63, 3.8) is 0 Å². The number of rotatable bonds is 25. The first-order valence-corrected chi connectivity index (χ1v) is 18.9. The number of carboxylic acid groups (broad SMARTS) is 1. The van der Waals surface area contributed by atoms with E-state index in [1.54, 1.807) is 30.3 Å². The van der Waals surface area contributed by atoms with Crippen molar-refractivity contribution < 1.29 is 53.1 Å². The van der Waals surface area contributed by atoms with Crippen LogP contribution in [0.15, 0.2) is 30.3 Å². The molecule has 21 nitrogen and oxygen atoms in total. The lowest BCUT2D eigenvalue weighted by Gasteiger charge is -2.30. The lowest BCUT2D eigenvalue weighted by atomic mass is 10.0. The molecule has 1 heterocycles. The van der Waals surface area contributed by atoms with Crippen LogP contribution in [0.25, 0.3) is 0 Å². The van der Waals surface area contributed by atoms with Gasteiger partial charge in [0.1, 0.15) is 30.2 Å². The van der Waals surface area contributed by atoms with Gasteiger partial charge in [-0.05, 0) is 50.0 Å². The number of primary amides is 3. The molecule has 0 aromatic heterocycles. The van der Waals surface area contributed by atoms with Gasteiger partial charge in [-0.25, -0.2) is 4.79 Å². The standard InChI is InChI=1S/C37H56N10O11/c1-20(2)17-22(38)32(52)42-19-31(51)43-23(10-13-28(39)48)33(53)44-24(11-14-29(40)49)34(54)45-25(12-15-30(41)50)36(56)47-16-6-9-27(47)35(55)46-26(37(57)58)18-21-7-4-3-5-8-21/h3-5,7-8,20,22-27H,6,9-19,38H2,1-2H3,(H2,39,48)(H2,40,49)(H2,41,50)(H,42,52)(H,43,51)(H,44,53)(H,45,54)(H,46,55)(H,57,58)/t22-,23-,24-,25-,26-,27-/m0/s1. The van der Waals surface area contributed by atoms with Crippen molar-refractivity contribution >= 4 is 59.1 Å². The summed E-state index contributed by atoms with van der Waals surface area (Å²) in [6.45, 7) is 3.18. The fraction of sp³-hybridized carbons (Fsp3) is 0.568. The molecule has 1 aromatic rings. The molecule has 6 atom stereocenters. The second-order valence-electron chi connectivity index (χ2n) is 14.5. The molecule has 0 aliphatic carbocycles. The van der Waals surface area contributed by atoms with Gasteiger partial charge in [0.15, 0.2) is 0 Å². The van der Waals surface area contributed by atoms with E-state index in [0.717, 1.165) is 4.90 Å². The zero-order valence-corrected chi connectivity index (χ0v) is 32.7. The topological polar surface area (TPSA) is 358 Å². The smallest absolute Gasteiger partial charge is 0.326 e. The highest BCUT2D eigenvalue weighted by Gasteiger charge is 2.40. The maximum Gasteiger partial charge on any atom is 0.326 e. The average Bonchev–Trinajstić information content (AvgIpc) is 3.65. The van der Waals surface area contributed by atoms with Crippen molar-refractivity contribution in [2.45, 2.75) is 114 Å². The minimum absolute atomic E-state index is 0.0327. The highest BCUT2D eigenvalue weighted by Crippen LogP contribution is 2.21. The quantitative estimate of drug-likeness (QED) is 0.0460. The molecular weight excluding hydrogens is 760 g/mol. The number of nitrogens with zero attached hydrogens (tertiary/aromatic N) is 1. The first-order chi connectivity index (χ1) is 27.3. The predicted octanol–water partition coefficient (Wildman–Crippen LogP) is -3.47. The molecule has 0 radical (unpaired) electrons. The molecule has 1 aromatic carbocycles. The second-order valence-corrected chi connectivity index (χ2v) is 14.5. The largest absolute Gasteiger partial charge is 0.480 e. The third kappa shape index (κ3) is 16.9. The van der Waals surface area contributed by atoms with E-state index in [-0.39, 0.29) is 44.6 Å². The normalized spacial score (nSPS) is 16.1. The number of carbonyl (C=O) groups excluding carboxylic acids is 9. The Morgan fingerprint density at radius 1 is 0.724 bits per heavy atom. The highest BCUT2D eigenvalue weighted by molar-refractivity contribution is 5.97. The Hall–Kier alpha value is -6.12. The Balaban J connectivity index is 2.27. The van der Waals surface area contributed by atoms with E-state index in [0.29, 0.717) is 18.4 Å². The van der Waals surface area contributed by atoms with Gasteiger partial charge in [0.05, 0.1) is 12.6 Å². The summed E-state index contributed by atoms with van der Waals surface area (Å²) in [5, 5.41) is 21.9. The van der Waals surface area contributed by atoms with E-state index in [1.165, 1.54) is 0 Å². The van der Waals surface area contributed by atoms with Crippen molar-refractivity contribution in [1.29, 1.82) is 0 Å². The van der Waals surface area contributed by atoms with Gasteiger partial charge in [-0.15, -0.1) is 0 Å². The molecule has 2 rings (SSSR count). The third-order valence-corrected chi connectivity index (χ3v) is 9.16. The molecule has 1 fully saturated rings. The number of carboxylic acids is 1. The summed E-state index contributed by atoms with van der Waals surface area (Å²) < 4.78 is 0. The summed E-state index contributed by atoms with van der Waals surface area (Å²) in [5.41, 5.74) is 22.4. The van der Waals surface area contributed by atoms with Crippen molar-refractivity contribution in [3.05, 3.63) is 35.9 Å². The minimum atomic E-state index is -1.57. The van der Waals surface area contributed by atoms with Gasteiger partial charge >= 0.3 is 5.97 Å². The van der Waals surface area contributed by atoms with Crippen LogP contribution < -0.4 is 49.5 Å². The number of carbonyl (C=O) groups is 10. The van der Waals surface area contributed by atoms with Crippen LogP contribution in [0.4, 0.5) is 0 Å². The Morgan fingerprint density at radius 3 is 1.76 bits per heavy atom. The van der Waals surface area contributed by atoms with E-state index >= 15 is 0 Å². The molecule has 320 valence electrons. The van der Waals surface area contributed by atoms with Crippen LogP contribution in [0.5, 0.6) is 0 Å². The summed E-state index contributed by atoms with van der Waals surface area (Å²) in [5.74, 6) is -8.71. The molecule has 1 aliphatic heterocycles. The number of hydrogen-bond donors (Lipinski definition) is 10. The van der Waals surface area contributed by atoms with E-state index in [1.807, 2.05) is 13.8 Å². The van der Waals surface area contributed by atoms with Crippen LogP contribution >= 0.6 is 0 Å². The lowest BCUT2D eigenvalue weighted by Crippen LogP contribution is -2.59. The molecule has 14 N–H and O–H groups in total. The zero-order chi connectivity index (χ0) is 43.5. The lowest BCUT2D eigenvalue weighted by molar-refractivity contribution is -0.145. The molecular formula is C37H56N10O11. The van der Waals surface area contributed by atoms with Crippen LogP contribution in [-0.4, -0.2) is 118 Å². The highest BCUT2D eigenvalue weighted by atomic mass is 16.4. The van der Waals surface area contributed by atoms with Gasteiger partial charge < -0.3 is 59.5 Å². The fourth-order valence-corrected chi connectivity index (χ4v) is 6.18. The maximum absolute atomic E-state index is 14.0. The number of nitrogens with one attached hydrogen (secondary N) is 5. The number of hydrogen-bond acceptors (Lipinski definition) is 11. The van der Waals surface area contributed by atoms with Crippen LogP contribution in [0.1, 0.15) is 77.2 Å². The first-order valence-electron chi connectivity index (χ1n) is 18.9. The number of nitrogens with two attached hydrogens (primary N) is 4. The molecule has 1 saturated heterocycles. The molecule has 21 heteroatoms. The van der Waals surface area contributed by atoms with Gasteiger partial charge in [0.2, 0.25) is 53.2 Å². The molecule has 9 amide bonds. The van der Waals surface area contributed by atoms with Crippen molar-refractivity contribution in [2.24, 2.45) is 28.9 Å². The SMILES string of the molecule is CC(C)C[C@H](N)C(=O)NCC(=O)N[C@@H](CCC(N)=O)C(=O)N[C@@H](CCC(N)=O)C(=O)N[C@@H](CCC(N)=O)C(=O)N1CCC[C@H]1C(=O)N[C@@H](Cc1ccccc1)C(=O)O. The Morgan fingerprint density at radius 2 is 1.24 bits per heavy atom. The van der Waals surface area contributed by atoms with Gasteiger partial charge in [0, 0.05) is 32.2 Å². The summed E-state index contributed by atoms with van der Waals surface area (Å²) >= 11 is 0. The molecule has 0 spiro atoms. The van der Waals surface area contributed by atoms with E-state index < -0.39 is 121 Å². The van der Waals surface area contributed by atoms with E-state index in [4.69, 9.17) is 22.9 Å². The zero-order valence-electron chi connectivity index (χ0n) is 32.7. The number of benzene rings is 1. The second kappa shape index (κ2) is 23.8. The molecule has 0 saturated carbocycles. The Kier molecular flexibility index (Phi) is 19.7. The van der Waals surface area contributed by atoms with Crippen molar-refractivity contribution in [1.82, 2.24) is 31.5 Å². The predicted molar refractivity (Wildman–Crippen MR) is 206 cm³/mol. The number of likely N-dealkylation sites (tertiary alicyclic amines) is 1. The summed E-state index contributed by atoms with van der Waals surface area (Å²) in [4.78, 5) is 128. The monoisotopic (exact) mass is 816 g/mol. The van der Waals surface area contributed by atoms with Crippen LogP contribution in [0.2, 0.25) is 0 Å². The fourth-order valence-electron chi connectivity index (χ4n) is 6.18. The molecule has 1 aliphatic rings. The van der Waals surface area contributed by atoms with Crippen molar-refractivity contribution in [3.8, 4) is 0 Å². The summed E-state index contributed by atoms with van der Waals surface area (Å²) in [6.07, 6.45) is -1.43. The van der Waals surface area contributed by atoms with Crippen LogP contribution in [0.3, 0.4) is 0 Å². The Labute approximate surface area is 335 Å². The van der Waals surface area contributed by atoms with E-state index in [2.05, 4.69) is 26.6 Å². The molecule has 58 heavy (non-hydrogen) atoms. The van der Waals surface area contributed by atoms with Gasteiger partial charge in [-0.3, -0.25) is 43.2 Å². The van der Waals surface area contributed by atoms with Gasteiger partial charge in [-0.1, -0.05) is 44.2 Å². The van der Waals surface area contributed by atoms with Crippen LogP contribution in [-0.2, 0) is 54.4 Å².